The zero-order valence-corrected chi connectivity index (χ0v) is 9.03. The Bertz CT molecular complexity index is 566. The summed E-state index contributed by atoms with van der Waals surface area (Å²) in [6, 6.07) is 3.92. The second-order valence-electron chi connectivity index (χ2n) is 3.46. The molecule has 88 valence electrons. The highest BCUT2D eigenvalue weighted by Crippen LogP contribution is 2.18. The second-order valence-corrected chi connectivity index (χ2v) is 3.46. The van der Waals surface area contributed by atoms with E-state index in [1.54, 1.807) is 6.92 Å². The van der Waals surface area contributed by atoms with Crippen molar-refractivity contribution in [1.82, 2.24) is 4.98 Å². The van der Waals surface area contributed by atoms with Crippen LogP contribution in [-0.4, -0.2) is 10.9 Å². The van der Waals surface area contributed by atoms with Crippen LogP contribution in [0, 0.1) is 12.7 Å². The predicted octanol–water partition coefficient (Wildman–Crippen LogP) is 1.96. The Morgan fingerprint density at radius 2 is 2.29 bits per heavy atom. The van der Waals surface area contributed by atoms with Gasteiger partial charge >= 0.3 is 0 Å². The standard InChI is InChI=1S/C11H10FN3O2/c1-6-10(17-5-14-6)11(16)15-9-4-7(13)2-3-8(9)12/h2-5H,13H2,1H3,(H,15,16). The van der Waals surface area contributed by atoms with Crippen molar-refractivity contribution in [2.24, 2.45) is 0 Å². The zero-order chi connectivity index (χ0) is 12.4. The van der Waals surface area contributed by atoms with Gasteiger partial charge in [0.05, 0.1) is 11.4 Å². The summed E-state index contributed by atoms with van der Waals surface area (Å²) in [6.07, 6.45) is 1.15. The molecule has 2 rings (SSSR count). The monoisotopic (exact) mass is 235 g/mol. The molecule has 0 bridgehead atoms. The van der Waals surface area contributed by atoms with Gasteiger partial charge in [-0.25, -0.2) is 9.37 Å². The fraction of sp³-hybridized carbons (Fsp3) is 0.0909. The van der Waals surface area contributed by atoms with E-state index in [-0.39, 0.29) is 11.4 Å². The number of nitrogen functional groups attached to an aromatic ring is 1. The molecule has 0 radical (unpaired) electrons. The first-order valence-electron chi connectivity index (χ1n) is 4.84. The number of aromatic nitrogens is 1. The number of benzene rings is 1. The molecule has 0 aliphatic heterocycles. The molecule has 1 heterocycles. The number of halogens is 1. The van der Waals surface area contributed by atoms with Crippen molar-refractivity contribution in [2.45, 2.75) is 6.92 Å². The van der Waals surface area contributed by atoms with E-state index in [0.717, 1.165) is 6.39 Å². The zero-order valence-electron chi connectivity index (χ0n) is 9.03. The average molecular weight is 235 g/mol. The van der Waals surface area contributed by atoms with Crippen molar-refractivity contribution in [3.63, 3.8) is 0 Å². The van der Waals surface area contributed by atoms with Gasteiger partial charge in [-0.05, 0) is 25.1 Å². The number of aryl methyl sites for hydroxylation is 1. The Hall–Kier alpha value is -2.37. The molecular formula is C11H10FN3O2. The highest BCUT2D eigenvalue weighted by molar-refractivity contribution is 6.03. The largest absolute Gasteiger partial charge is 0.438 e. The van der Waals surface area contributed by atoms with Crippen LogP contribution in [-0.2, 0) is 0 Å². The molecule has 0 aliphatic carbocycles. The van der Waals surface area contributed by atoms with Crippen molar-refractivity contribution < 1.29 is 13.6 Å². The molecule has 1 aromatic heterocycles. The molecule has 5 nitrogen and oxygen atoms in total. The first-order valence-corrected chi connectivity index (χ1v) is 4.84. The SMILES string of the molecule is Cc1ncoc1C(=O)Nc1cc(N)ccc1F. The van der Waals surface area contributed by atoms with Crippen LogP contribution in [0.4, 0.5) is 15.8 Å². The summed E-state index contributed by atoms with van der Waals surface area (Å²) < 4.78 is 18.2. The third-order valence-corrected chi connectivity index (χ3v) is 2.19. The number of oxazole rings is 1. The molecule has 0 spiro atoms. The molecular weight excluding hydrogens is 225 g/mol. The Morgan fingerprint density at radius 3 is 2.94 bits per heavy atom. The molecule has 0 atom stereocenters. The Balaban J connectivity index is 2.24. The van der Waals surface area contributed by atoms with Crippen molar-refractivity contribution in [1.29, 1.82) is 0 Å². The van der Waals surface area contributed by atoms with Gasteiger partial charge in [-0.1, -0.05) is 0 Å². The van der Waals surface area contributed by atoms with E-state index in [0.29, 0.717) is 11.4 Å². The molecule has 17 heavy (non-hydrogen) atoms. The van der Waals surface area contributed by atoms with Crippen LogP contribution < -0.4 is 11.1 Å². The minimum absolute atomic E-state index is 0.00537. The van der Waals surface area contributed by atoms with E-state index in [1.807, 2.05) is 0 Å². The predicted molar refractivity (Wildman–Crippen MR) is 60.0 cm³/mol. The van der Waals surface area contributed by atoms with Crippen LogP contribution >= 0.6 is 0 Å². The molecule has 2 aromatic rings. The lowest BCUT2D eigenvalue weighted by molar-refractivity contribution is 0.0995. The third kappa shape index (κ3) is 2.25. The van der Waals surface area contributed by atoms with E-state index >= 15 is 0 Å². The quantitative estimate of drug-likeness (QED) is 0.779. The maximum atomic E-state index is 13.4. The molecule has 0 saturated heterocycles. The van der Waals surface area contributed by atoms with Gasteiger partial charge in [0, 0.05) is 5.69 Å². The van der Waals surface area contributed by atoms with Crippen LogP contribution in [0.15, 0.2) is 29.0 Å². The first kappa shape index (κ1) is 11.1. The number of nitrogens with zero attached hydrogens (tertiary/aromatic N) is 1. The van der Waals surface area contributed by atoms with Gasteiger partial charge in [-0.2, -0.15) is 0 Å². The second kappa shape index (κ2) is 4.25. The maximum absolute atomic E-state index is 13.4. The summed E-state index contributed by atoms with van der Waals surface area (Å²) in [7, 11) is 0. The van der Waals surface area contributed by atoms with Crippen molar-refractivity contribution in [3.05, 3.63) is 41.9 Å². The number of hydrogen-bond acceptors (Lipinski definition) is 4. The van der Waals surface area contributed by atoms with Crippen LogP contribution in [0.2, 0.25) is 0 Å². The number of carbonyl (C=O) groups excluding carboxylic acids is 1. The van der Waals surface area contributed by atoms with E-state index in [4.69, 9.17) is 10.2 Å². The average Bonchev–Trinajstić information content (AvgIpc) is 2.70. The van der Waals surface area contributed by atoms with Crippen LogP contribution in [0.1, 0.15) is 16.2 Å². The molecule has 1 amide bonds. The maximum Gasteiger partial charge on any atom is 0.293 e. The van der Waals surface area contributed by atoms with Crippen molar-refractivity contribution >= 4 is 17.3 Å². The third-order valence-electron chi connectivity index (χ3n) is 2.19. The molecule has 0 aliphatic rings. The Kier molecular flexibility index (Phi) is 2.78. The molecule has 6 heteroatoms. The molecule has 3 N–H and O–H groups in total. The lowest BCUT2D eigenvalue weighted by Gasteiger charge is -2.05. The van der Waals surface area contributed by atoms with E-state index in [9.17, 15) is 9.18 Å². The first-order chi connectivity index (χ1) is 8.08. The molecule has 1 aromatic carbocycles. The normalized spacial score (nSPS) is 10.2. The fourth-order valence-electron chi connectivity index (χ4n) is 1.34. The number of carbonyl (C=O) groups is 1. The number of anilines is 2. The van der Waals surface area contributed by atoms with E-state index in [2.05, 4.69) is 10.3 Å². The Labute approximate surface area is 96.4 Å². The van der Waals surface area contributed by atoms with E-state index < -0.39 is 11.7 Å². The summed E-state index contributed by atoms with van der Waals surface area (Å²) in [4.78, 5) is 15.5. The summed E-state index contributed by atoms with van der Waals surface area (Å²) in [6.45, 7) is 1.62. The minimum atomic E-state index is -0.565. The van der Waals surface area contributed by atoms with Crippen molar-refractivity contribution in [2.75, 3.05) is 11.1 Å². The van der Waals surface area contributed by atoms with Gasteiger partial charge in [0.15, 0.2) is 6.39 Å². The lowest BCUT2D eigenvalue weighted by Crippen LogP contribution is -2.13. The fourth-order valence-corrected chi connectivity index (χ4v) is 1.34. The van der Waals surface area contributed by atoms with Gasteiger partial charge < -0.3 is 15.5 Å². The molecule has 0 fully saturated rings. The van der Waals surface area contributed by atoms with Gasteiger partial charge in [0.25, 0.3) is 5.91 Å². The summed E-state index contributed by atoms with van der Waals surface area (Å²) in [5.74, 6) is -1.08. The van der Waals surface area contributed by atoms with E-state index in [1.165, 1.54) is 18.2 Å². The number of amides is 1. The minimum Gasteiger partial charge on any atom is -0.438 e. The van der Waals surface area contributed by atoms with Crippen molar-refractivity contribution in [3.8, 4) is 0 Å². The smallest absolute Gasteiger partial charge is 0.293 e. The van der Waals surface area contributed by atoms with Gasteiger partial charge in [0.1, 0.15) is 5.82 Å². The number of nitrogens with one attached hydrogen (secondary N) is 1. The van der Waals surface area contributed by atoms with Crippen LogP contribution in [0.3, 0.4) is 0 Å². The molecule has 0 unspecified atom stereocenters. The van der Waals surface area contributed by atoms with Gasteiger partial charge in [-0.15, -0.1) is 0 Å². The van der Waals surface area contributed by atoms with Gasteiger partial charge in [0.2, 0.25) is 5.76 Å². The number of hydrogen-bond donors (Lipinski definition) is 2. The highest BCUT2D eigenvalue weighted by Gasteiger charge is 2.15. The lowest BCUT2D eigenvalue weighted by atomic mass is 10.2. The summed E-state index contributed by atoms with van der Waals surface area (Å²) in [5.41, 5.74) is 6.30. The molecule has 0 saturated carbocycles. The van der Waals surface area contributed by atoms with Gasteiger partial charge in [-0.3, -0.25) is 4.79 Å². The summed E-state index contributed by atoms with van der Waals surface area (Å²) >= 11 is 0. The number of rotatable bonds is 2. The van der Waals surface area contributed by atoms with Crippen LogP contribution in [0.25, 0.3) is 0 Å². The summed E-state index contributed by atoms with van der Waals surface area (Å²) in [5, 5.41) is 2.37. The Morgan fingerprint density at radius 1 is 1.53 bits per heavy atom. The number of nitrogens with two attached hydrogens (primary N) is 1. The van der Waals surface area contributed by atoms with Crippen LogP contribution in [0.5, 0.6) is 0 Å². The topological polar surface area (TPSA) is 81.2 Å². The highest BCUT2D eigenvalue weighted by atomic mass is 19.1.